The third-order valence-electron chi connectivity index (χ3n) is 3.80. The van der Waals surface area contributed by atoms with Gasteiger partial charge in [0, 0.05) is 18.5 Å². The van der Waals surface area contributed by atoms with Gasteiger partial charge in [0.2, 0.25) is 5.91 Å². The minimum Gasteiger partial charge on any atom is -0.481 e. The molecule has 0 saturated heterocycles. The lowest BCUT2D eigenvalue weighted by atomic mass is 9.75. The van der Waals surface area contributed by atoms with Crippen LogP contribution in [0.4, 0.5) is 0 Å². The topological polar surface area (TPSA) is 92.4 Å². The van der Waals surface area contributed by atoms with E-state index in [1.165, 1.54) is 0 Å². The molecule has 0 unspecified atom stereocenters. The molecule has 0 bridgehead atoms. The fraction of sp³-hybridized carbons (Fsp3) is 0.467. The molecule has 1 fully saturated rings. The molecule has 1 aliphatic carbocycles. The lowest BCUT2D eigenvalue weighted by Gasteiger charge is -2.37. The second-order valence-electron chi connectivity index (χ2n) is 5.51. The summed E-state index contributed by atoms with van der Waals surface area (Å²) in [6.45, 7) is 0.346. The predicted molar refractivity (Wildman–Crippen MR) is 75.0 cm³/mol. The minimum atomic E-state index is -0.876. The quantitative estimate of drug-likeness (QED) is 0.728. The Labute approximate surface area is 118 Å². The van der Waals surface area contributed by atoms with E-state index in [1.54, 1.807) is 12.1 Å². The maximum Gasteiger partial charge on any atom is 0.307 e. The fourth-order valence-corrected chi connectivity index (χ4v) is 2.45. The molecular formula is C15H20N2O3. The van der Waals surface area contributed by atoms with Crippen molar-refractivity contribution >= 4 is 11.9 Å². The second kappa shape index (κ2) is 6.05. The van der Waals surface area contributed by atoms with E-state index < -0.39 is 5.97 Å². The third-order valence-corrected chi connectivity index (χ3v) is 3.80. The Morgan fingerprint density at radius 1 is 1.25 bits per heavy atom. The molecule has 1 aromatic carbocycles. The van der Waals surface area contributed by atoms with Crippen molar-refractivity contribution in [3.63, 3.8) is 0 Å². The number of carbonyl (C=O) groups excluding carboxylic acids is 1. The molecule has 0 aromatic heterocycles. The van der Waals surface area contributed by atoms with Crippen molar-refractivity contribution in [2.45, 2.75) is 44.2 Å². The Kier molecular flexibility index (Phi) is 4.39. The minimum absolute atomic E-state index is 0.0349. The van der Waals surface area contributed by atoms with E-state index >= 15 is 0 Å². The number of hydrogen-bond acceptors (Lipinski definition) is 3. The summed E-state index contributed by atoms with van der Waals surface area (Å²) >= 11 is 0. The van der Waals surface area contributed by atoms with Gasteiger partial charge in [-0.25, -0.2) is 0 Å². The lowest BCUT2D eigenvalue weighted by Crippen LogP contribution is -2.49. The molecule has 0 heterocycles. The maximum atomic E-state index is 11.9. The van der Waals surface area contributed by atoms with Crippen LogP contribution in [0.5, 0.6) is 0 Å². The number of amides is 1. The van der Waals surface area contributed by atoms with Gasteiger partial charge in [-0.15, -0.1) is 0 Å². The van der Waals surface area contributed by atoms with Crippen molar-refractivity contribution in [3.05, 3.63) is 35.4 Å². The van der Waals surface area contributed by atoms with Crippen molar-refractivity contribution < 1.29 is 14.7 Å². The first kappa shape index (κ1) is 14.5. The van der Waals surface area contributed by atoms with E-state index in [0.717, 1.165) is 30.4 Å². The monoisotopic (exact) mass is 276 g/mol. The van der Waals surface area contributed by atoms with Crippen molar-refractivity contribution in [1.29, 1.82) is 0 Å². The Morgan fingerprint density at radius 2 is 1.90 bits per heavy atom. The molecule has 0 spiro atoms. The first-order valence-electron chi connectivity index (χ1n) is 6.83. The number of nitrogens with two attached hydrogens (primary N) is 1. The zero-order chi connectivity index (χ0) is 14.6. The van der Waals surface area contributed by atoms with Crippen molar-refractivity contribution in [2.24, 2.45) is 5.73 Å². The number of hydrogen-bond donors (Lipinski definition) is 3. The Morgan fingerprint density at radius 3 is 2.45 bits per heavy atom. The number of aliphatic carboxylic acids is 1. The van der Waals surface area contributed by atoms with Crippen LogP contribution in [0.15, 0.2) is 24.3 Å². The molecule has 1 aliphatic rings. The van der Waals surface area contributed by atoms with E-state index in [4.69, 9.17) is 10.8 Å². The van der Waals surface area contributed by atoms with Gasteiger partial charge < -0.3 is 16.2 Å². The molecule has 5 nitrogen and oxygen atoms in total. The number of rotatable bonds is 6. The van der Waals surface area contributed by atoms with Crippen LogP contribution in [0.3, 0.4) is 0 Å². The average molecular weight is 276 g/mol. The van der Waals surface area contributed by atoms with Gasteiger partial charge >= 0.3 is 5.97 Å². The molecule has 1 saturated carbocycles. The van der Waals surface area contributed by atoms with E-state index in [2.05, 4.69) is 5.32 Å². The Balaban J connectivity index is 1.90. The molecule has 0 radical (unpaired) electrons. The lowest BCUT2D eigenvalue weighted by molar-refractivity contribution is -0.136. The normalized spacial score (nSPS) is 16.2. The van der Waals surface area contributed by atoms with Crippen LogP contribution in [0.2, 0.25) is 0 Å². The summed E-state index contributed by atoms with van der Waals surface area (Å²) in [4.78, 5) is 22.6. The summed E-state index contributed by atoms with van der Waals surface area (Å²) in [6, 6.07) is 7.24. The molecule has 108 valence electrons. The molecule has 2 rings (SSSR count). The largest absolute Gasteiger partial charge is 0.481 e. The summed E-state index contributed by atoms with van der Waals surface area (Å²) in [5.41, 5.74) is 7.27. The maximum absolute atomic E-state index is 11.9. The van der Waals surface area contributed by atoms with Gasteiger partial charge in [0.05, 0.1) is 6.42 Å². The first-order valence-corrected chi connectivity index (χ1v) is 6.83. The number of benzene rings is 1. The van der Waals surface area contributed by atoms with E-state index in [0.29, 0.717) is 13.0 Å². The molecule has 0 aliphatic heterocycles. The van der Waals surface area contributed by atoms with Crippen LogP contribution in [0, 0.1) is 0 Å². The number of carboxylic acids is 1. The average Bonchev–Trinajstić information content (AvgIpc) is 2.35. The van der Waals surface area contributed by atoms with Crippen LogP contribution in [0.25, 0.3) is 0 Å². The summed E-state index contributed by atoms with van der Waals surface area (Å²) in [5, 5.41) is 11.7. The Bertz CT molecular complexity index is 510. The van der Waals surface area contributed by atoms with Gasteiger partial charge in [-0.1, -0.05) is 24.3 Å². The molecule has 1 amide bonds. The summed E-state index contributed by atoms with van der Waals surface area (Å²) in [7, 11) is 0. The van der Waals surface area contributed by atoms with Crippen LogP contribution in [0.1, 0.15) is 36.8 Å². The number of nitrogens with one attached hydrogen (secondary N) is 1. The first-order chi connectivity index (χ1) is 9.48. The SMILES string of the molecule is NC1(CC(=O)NCc2ccccc2CC(=O)O)CCC1. The van der Waals surface area contributed by atoms with Crippen LogP contribution in [-0.2, 0) is 22.6 Å². The molecule has 0 atom stereocenters. The molecule has 4 N–H and O–H groups in total. The second-order valence-corrected chi connectivity index (χ2v) is 5.51. The van der Waals surface area contributed by atoms with Gasteiger partial charge in [-0.2, -0.15) is 0 Å². The predicted octanol–water partition coefficient (Wildman–Crippen LogP) is 1.20. The standard InChI is InChI=1S/C15H20N2O3/c16-15(6-3-7-15)9-13(18)17-10-12-5-2-1-4-11(12)8-14(19)20/h1-2,4-5H,3,6-10,16H2,(H,17,18)(H,19,20). The van der Waals surface area contributed by atoms with E-state index in [9.17, 15) is 9.59 Å². The van der Waals surface area contributed by atoms with Crippen molar-refractivity contribution in [2.75, 3.05) is 0 Å². The molecular weight excluding hydrogens is 256 g/mol. The Hall–Kier alpha value is -1.88. The van der Waals surface area contributed by atoms with E-state index in [1.807, 2.05) is 12.1 Å². The third kappa shape index (κ3) is 3.81. The summed E-state index contributed by atoms with van der Waals surface area (Å²) in [6.07, 6.45) is 3.19. The van der Waals surface area contributed by atoms with Gasteiger partial charge in [-0.3, -0.25) is 9.59 Å². The van der Waals surface area contributed by atoms with Crippen LogP contribution in [-0.4, -0.2) is 22.5 Å². The highest BCUT2D eigenvalue weighted by molar-refractivity contribution is 5.77. The molecule has 1 aromatic rings. The zero-order valence-electron chi connectivity index (χ0n) is 11.4. The van der Waals surface area contributed by atoms with Gasteiger partial charge in [-0.05, 0) is 30.4 Å². The van der Waals surface area contributed by atoms with Gasteiger partial charge in [0.15, 0.2) is 0 Å². The van der Waals surface area contributed by atoms with Gasteiger partial charge in [0.25, 0.3) is 0 Å². The number of carbonyl (C=O) groups is 2. The zero-order valence-corrected chi connectivity index (χ0v) is 11.4. The number of carboxylic acid groups (broad SMARTS) is 1. The fourth-order valence-electron chi connectivity index (χ4n) is 2.45. The van der Waals surface area contributed by atoms with Crippen molar-refractivity contribution in [3.8, 4) is 0 Å². The highest BCUT2D eigenvalue weighted by Crippen LogP contribution is 2.31. The summed E-state index contributed by atoms with van der Waals surface area (Å²) < 4.78 is 0. The van der Waals surface area contributed by atoms with Crippen LogP contribution >= 0.6 is 0 Å². The van der Waals surface area contributed by atoms with Gasteiger partial charge in [0.1, 0.15) is 0 Å². The highest BCUT2D eigenvalue weighted by Gasteiger charge is 2.34. The van der Waals surface area contributed by atoms with E-state index in [-0.39, 0.29) is 17.9 Å². The van der Waals surface area contributed by atoms with Crippen LogP contribution < -0.4 is 11.1 Å². The molecule has 5 heteroatoms. The van der Waals surface area contributed by atoms with Crippen molar-refractivity contribution in [1.82, 2.24) is 5.32 Å². The summed E-state index contributed by atoms with van der Waals surface area (Å²) in [5.74, 6) is -0.948. The molecule has 20 heavy (non-hydrogen) atoms. The smallest absolute Gasteiger partial charge is 0.307 e. The highest BCUT2D eigenvalue weighted by atomic mass is 16.4.